The van der Waals surface area contributed by atoms with Crippen molar-refractivity contribution in [2.24, 2.45) is 0 Å². The molecule has 0 aliphatic rings. The minimum absolute atomic E-state index is 0.0908. The third kappa shape index (κ3) is 7.77. The Labute approximate surface area is 432 Å². The van der Waals surface area contributed by atoms with Gasteiger partial charge in [0.2, 0.25) is 0 Å². The van der Waals surface area contributed by atoms with Crippen LogP contribution in [0.15, 0.2) is 239 Å². The van der Waals surface area contributed by atoms with Gasteiger partial charge in [0.15, 0.2) is 0 Å². The highest BCUT2D eigenvalue weighted by molar-refractivity contribution is 6.18. The van der Waals surface area contributed by atoms with E-state index < -0.39 is 0 Å². The van der Waals surface area contributed by atoms with E-state index in [0.29, 0.717) is 0 Å². The highest BCUT2D eigenvalue weighted by Crippen LogP contribution is 2.48. The lowest BCUT2D eigenvalue weighted by Gasteiger charge is -2.33. The monoisotopic (exact) mass is 956 g/mol. The van der Waals surface area contributed by atoms with Gasteiger partial charge in [-0.2, -0.15) is 0 Å². The summed E-state index contributed by atoms with van der Waals surface area (Å²) in [5.41, 5.74) is 17.1. The van der Waals surface area contributed by atoms with Gasteiger partial charge in [-0.3, -0.25) is 0 Å². The molecule has 4 nitrogen and oxygen atoms in total. The van der Waals surface area contributed by atoms with Gasteiger partial charge in [0.25, 0.3) is 0 Å². The SMILES string of the molecule is CC(C)(C)c1ccccc1N(c1ccc2cc3c(cc2c1)oc1cc2c(cc13)oc1cc3cc(N(c4ccccc4-c4ccccc4)c4ccccc4C(C)(C)C)ccc3cc12)c1ccccc1-c1ccccc1. The zero-order valence-corrected chi connectivity index (χ0v) is 42.7. The molecule has 2 aromatic heterocycles. The molecule has 11 aromatic carbocycles. The summed E-state index contributed by atoms with van der Waals surface area (Å²) < 4.78 is 13.7. The third-order valence-electron chi connectivity index (χ3n) is 14.8. The Balaban J connectivity index is 0.921. The number of anilines is 6. The highest BCUT2D eigenvalue weighted by Gasteiger charge is 2.27. The lowest BCUT2D eigenvalue weighted by atomic mass is 9.85. The van der Waals surface area contributed by atoms with Crippen LogP contribution in [0.5, 0.6) is 0 Å². The van der Waals surface area contributed by atoms with Crippen molar-refractivity contribution in [3.63, 3.8) is 0 Å². The Morgan fingerprint density at radius 3 is 1.03 bits per heavy atom. The molecule has 13 aromatic rings. The van der Waals surface area contributed by atoms with Crippen LogP contribution in [0.4, 0.5) is 34.1 Å². The van der Waals surface area contributed by atoms with Crippen LogP contribution in [-0.4, -0.2) is 0 Å². The quantitative estimate of drug-likeness (QED) is 0.152. The molecule has 0 saturated carbocycles. The summed E-state index contributed by atoms with van der Waals surface area (Å²) in [5.74, 6) is 0. The lowest BCUT2D eigenvalue weighted by molar-refractivity contribution is 0.590. The Kier molecular flexibility index (Phi) is 10.6. The first-order valence-electron chi connectivity index (χ1n) is 25.7. The van der Waals surface area contributed by atoms with Crippen LogP contribution in [0.1, 0.15) is 52.7 Å². The van der Waals surface area contributed by atoms with Crippen molar-refractivity contribution < 1.29 is 8.83 Å². The minimum atomic E-state index is -0.0908. The summed E-state index contributed by atoms with van der Waals surface area (Å²) in [6.07, 6.45) is 0. The van der Waals surface area contributed by atoms with E-state index in [9.17, 15) is 0 Å². The van der Waals surface area contributed by atoms with Gasteiger partial charge in [-0.25, -0.2) is 0 Å². The molecule has 0 atom stereocenters. The van der Waals surface area contributed by atoms with Crippen LogP contribution in [-0.2, 0) is 10.8 Å². The fourth-order valence-electron chi connectivity index (χ4n) is 11.3. The molecule has 0 radical (unpaired) electrons. The fourth-order valence-corrected chi connectivity index (χ4v) is 11.3. The molecular formula is C70H56N2O2. The second kappa shape index (κ2) is 17.4. The number of hydrogen-bond acceptors (Lipinski definition) is 4. The summed E-state index contributed by atoms with van der Waals surface area (Å²) in [6.45, 7) is 13.7. The van der Waals surface area contributed by atoms with Crippen LogP contribution in [0.2, 0.25) is 0 Å². The maximum atomic E-state index is 6.83. The molecule has 0 N–H and O–H groups in total. The van der Waals surface area contributed by atoms with Crippen molar-refractivity contribution in [2.75, 3.05) is 9.80 Å². The van der Waals surface area contributed by atoms with Gasteiger partial charge in [-0.05, 0) is 140 Å². The van der Waals surface area contributed by atoms with Gasteiger partial charge in [-0.1, -0.05) is 187 Å². The lowest BCUT2D eigenvalue weighted by Crippen LogP contribution is -2.19. The first-order valence-corrected chi connectivity index (χ1v) is 25.7. The average Bonchev–Trinajstić information content (AvgIpc) is 3.95. The van der Waals surface area contributed by atoms with Crippen molar-refractivity contribution in [3.05, 3.63) is 242 Å². The van der Waals surface area contributed by atoms with Gasteiger partial charge in [0.1, 0.15) is 22.3 Å². The van der Waals surface area contributed by atoms with Crippen LogP contribution in [0.3, 0.4) is 0 Å². The highest BCUT2D eigenvalue weighted by atomic mass is 16.3. The molecule has 358 valence electrons. The van der Waals surface area contributed by atoms with E-state index in [0.717, 1.165) is 99.5 Å². The first kappa shape index (κ1) is 45.0. The Bertz CT molecular complexity index is 4000. The topological polar surface area (TPSA) is 32.8 Å². The van der Waals surface area contributed by atoms with E-state index in [2.05, 4.69) is 282 Å². The van der Waals surface area contributed by atoms with Gasteiger partial charge in [0.05, 0.1) is 11.4 Å². The number of furan rings is 2. The smallest absolute Gasteiger partial charge is 0.136 e. The summed E-state index contributed by atoms with van der Waals surface area (Å²) in [6, 6.07) is 83.4. The molecule has 0 aliphatic heterocycles. The molecule has 0 unspecified atom stereocenters. The first-order chi connectivity index (χ1) is 35.9. The Morgan fingerprint density at radius 1 is 0.284 bits per heavy atom. The molecular weight excluding hydrogens is 901 g/mol. The maximum absolute atomic E-state index is 6.83. The molecule has 13 rings (SSSR count). The number of fused-ring (bicyclic) bond motifs is 8. The van der Waals surface area contributed by atoms with Gasteiger partial charge < -0.3 is 18.6 Å². The Hall–Kier alpha value is -8.86. The maximum Gasteiger partial charge on any atom is 0.136 e. The molecule has 0 bridgehead atoms. The molecule has 0 saturated heterocycles. The predicted octanol–water partition coefficient (Wildman–Crippen LogP) is 20.7. The second-order valence-electron chi connectivity index (χ2n) is 21.8. The van der Waals surface area contributed by atoms with Crippen molar-refractivity contribution in [2.45, 2.75) is 52.4 Å². The van der Waals surface area contributed by atoms with Gasteiger partial charge in [-0.15, -0.1) is 0 Å². The second-order valence-corrected chi connectivity index (χ2v) is 21.8. The number of hydrogen-bond donors (Lipinski definition) is 0. The summed E-state index contributed by atoms with van der Waals surface area (Å²) in [5, 5.41) is 8.69. The molecule has 74 heavy (non-hydrogen) atoms. The van der Waals surface area contributed by atoms with E-state index in [-0.39, 0.29) is 10.8 Å². The zero-order valence-electron chi connectivity index (χ0n) is 42.7. The standard InChI is InChI=1S/C70H56N2O2/c1-69(2,3)59-27-15-19-31-63(59)71(61-29-17-13-25-53(61)45-21-9-7-10-22-45)51-35-33-47-39-55-57-43-68-58(44-67(57)73-65(55)41-49(47)37-51)56-40-48-34-36-52(38-50(48)42-66(56)74-68)72(64-32-20-16-28-60(64)70(4,5)6)62-30-18-14-26-54(62)46-23-11-8-12-24-46/h7-44H,1-6H3. The third-order valence-corrected chi connectivity index (χ3v) is 14.8. The summed E-state index contributed by atoms with van der Waals surface area (Å²) in [4.78, 5) is 4.87. The van der Waals surface area contributed by atoms with Crippen LogP contribution >= 0.6 is 0 Å². The average molecular weight is 957 g/mol. The molecule has 0 aliphatic carbocycles. The largest absolute Gasteiger partial charge is 0.456 e. The number of benzene rings is 11. The van der Waals surface area contributed by atoms with Gasteiger partial charge in [0, 0.05) is 55.4 Å². The molecule has 4 heteroatoms. The molecule has 0 fully saturated rings. The van der Waals surface area contributed by atoms with Crippen molar-refractivity contribution in [1.82, 2.24) is 0 Å². The van der Waals surface area contributed by atoms with E-state index in [4.69, 9.17) is 8.83 Å². The van der Waals surface area contributed by atoms with E-state index in [1.54, 1.807) is 0 Å². The van der Waals surface area contributed by atoms with Crippen molar-refractivity contribution in [1.29, 1.82) is 0 Å². The molecule has 0 spiro atoms. The van der Waals surface area contributed by atoms with Crippen molar-refractivity contribution in [3.8, 4) is 22.3 Å². The van der Waals surface area contributed by atoms with Crippen LogP contribution < -0.4 is 9.80 Å². The van der Waals surface area contributed by atoms with E-state index in [1.165, 1.54) is 33.4 Å². The summed E-state index contributed by atoms with van der Waals surface area (Å²) >= 11 is 0. The van der Waals surface area contributed by atoms with Crippen LogP contribution in [0.25, 0.3) is 87.7 Å². The van der Waals surface area contributed by atoms with Crippen molar-refractivity contribution >= 4 is 99.5 Å². The van der Waals surface area contributed by atoms with E-state index in [1.807, 2.05) is 0 Å². The summed E-state index contributed by atoms with van der Waals surface area (Å²) in [7, 11) is 0. The van der Waals surface area contributed by atoms with Gasteiger partial charge >= 0.3 is 0 Å². The number of para-hydroxylation sites is 4. The molecule has 2 heterocycles. The van der Waals surface area contributed by atoms with E-state index >= 15 is 0 Å². The Morgan fingerprint density at radius 2 is 0.622 bits per heavy atom. The number of rotatable bonds is 8. The predicted molar refractivity (Wildman–Crippen MR) is 314 cm³/mol. The minimum Gasteiger partial charge on any atom is -0.456 e. The fraction of sp³-hybridized carbons (Fsp3) is 0.114. The van der Waals surface area contributed by atoms with Crippen LogP contribution in [0, 0.1) is 0 Å². The number of nitrogens with zero attached hydrogens (tertiary/aromatic N) is 2. The normalized spacial score (nSPS) is 12.2. The zero-order chi connectivity index (χ0) is 50.3. The molecule has 0 amide bonds.